The van der Waals surface area contributed by atoms with E-state index >= 15 is 0 Å². The van der Waals surface area contributed by atoms with Crippen molar-refractivity contribution < 1.29 is 14.6 Å². The third kappa shape index (κ3) is 3.34. The van der Waals surface area contributed by atoms with E-state index in [0.29, 0.717) is 5.75 Å². The quantitative estimate of drug-likeness (QED) is 0.908. The van der Waals surface area contributed by atoms with Crippen molar-refractivity contribution in [1.82, 2.24) is 5.32 Å². The molecule has 0 saturated carbocycles. The maximum absolute atomic E-state index is 11.2. The first kappa shape index (κ1) is 14.9. The summed E-state index contributed by atoms with van der Waals surface area (Å²) >= 11 is 0. The van der Waals surface area contributed by atoms with Crippen LogP contribution < -0.4 is 10.1 Å². The zero-order valence-corrected chi connectivity index (χ0v) is 12.4. The molecule has 21 heavy (non-hydrogen) atoms. The number of aromatic hydroxyl groups is 1. The first-order valence-electron chi connectivity index (χ1n) is 6.73. The molecule has 0 fully saturated rings. The molecule has 2 aromatic rings. The summed E-state index contributed by atoms with van der Waals surface area (Å²) < 4.78 is 5.07. The van der Waals surface area contributed by atoms with Crippen LogP contribution in [0.4, 0.5) is 4.79 Å². The fourth-order valence-corrected chi connectivity index (χ4v) is 2.16. The zero-order chi connectivity index (χ0) is 15.5. The van der Waals surface area contributed by atoms with Gasteiger partial charge in [0.1, 0.15) is 11.5 Å². The number of hydrogen-bond acceptors (Lipinski definition) is 3. The van der Waals surface area contributed by atoms with Crippen LogP contribution in [0.2, 0.25) is 0 Å². The Morgan fingerprint density at radius 2 is 1.76 bits per heavy atom. The Morgan fingerprint density at radius 1 is 1.10 bits per heavy atom. The molecule has 0 aliphatic rings. The Hall–Kier alpha value is -2.49. The maximum atomic E-state index is 11.2. The van der Waals surface area contributed by atoms with Crippen molar-refractivity contribution in [3.63, 3.8) is 0 Å². The van der Waals surface area contributed by atoms with Crippen LogP contribution in [0, 0.1) is 0 Å². The number of hydrogen-bond donors (Lipinski definition) is 2. The largest absolute Gasteiger partial charge is 0.508 e. The van der Waals surface area contributed by atoms with Gasteiger partial charge in [-0.25, -0.2) is 4.79 Å². The van der Waals surface area contributed by atoms with Gasteiger partial charge in [0.2, 0.25) is 0 Å². The van der Waals surface area contributed by atoms with Crippen LogP contribution in [0.1, 0.15) is 25.0 Å². The molecule has 0 spiro atoms. The fraction of sp³-hybridized carbons (Fsp3) is 0.235. The summed E-state index contributed by atoms with van der Waals surface area (Å²) in [6.07, 6.45) is -0.491. The molecule has 0 aromatic heterocycles. The highest BCUT2D eigenvalue weighted by atomic mass is 16.5. The number of rotatable bonds is 3. The van der Waals surface area contributed by atoms with Crippen molar-refractivity contribution in [1.29, 1.82) is 0 Å². The van der Waals surface area contributed by atoms with Gasteiger partial charge in [-0.2, -0.15) is 0 Å². The smallest absolute Gasteiger partial charge is 0.412 e. The lowest BCUT2D eigenvalue weighted by atomic mass is 9.78. The number of carbonyl (C=O) groups excluding carboxylic acids is 1. The molecule has 2 aromatic carbocycles. The van der Waals surface area contributed by atoms with Crippen molar-refractivity contribution in [2.75, 3.05) is 7.05 Å². The first-order valence-corrected chi connectivity index (χ1v) is 6.73. The van der Waals surface area contributed by atoms with Gasteiger partial charge in [0.25, 0.3) is 0 Å². The highest BCUT2D eigenvalue weighted by Crippen LogP contribution is 2.33. The van der Waals surface area contributed by atoms with Gasteiger partial charge in [-0.3, -0.25) is 0 Å². The van der Waals surface area contributed by atoms with Crippen LogP contribution in [0.3, 0.4) is 0 Å². The monoisotopic (exact) mass is 285 g/mol. The van der Waals surface area contributed by atoms with Crippen LogP contribution in [0.15, 0.2) is 48.5 Å². The van der Waals surface area contributed by atoms with Gasteiger partial charge in [-0.1, -0.05) is 38.1 Å². The van der Waals surface area contributed by atoms with Gasteiger partial charge in [0, 0.05) is 12.5 Å². The summed E-state index contributed by atoms with van der Waals surface area (Å²) in [4.78, 5) is 11.2. The number of nitrogens with one attached hydrogen (secondary N) is 1. The molecule has 4 heteroatoms. The number of amides is 1. The van der Waals surface area contributed by atoms with E-state index in [4.69, 9.17) is 4.74 Å². The van der Waals surface area contributed by atoms with Crippen LogP contribution >= 0.6 is 0 Å². The van der Waals surface area contributed by atoms with E-state index in [1.165, 1.54) is 7.05 Å². The number of benzene rings is 2. The third-order valence-electron chi connectivity index (χ3n) is 3.56. The van der Waals surface area contributed by atoms with E-state index in [1.807, 2.05) is 24.3 Å². The number of ether oxygens (including phenoxy) is 1. The predicted molar refractivity (Wildman–Crippen MR) is 81.8 cm³/mol. The van der Waals surface area contributed by atoms with Crippen molar-refractivity contribution in [2.45, 2.75) is 19.3 Å². The Bertz CT molecular complexity index is 633. The molecule has 0 heterocycles. The lowest BCUT2D eigenvalue weighted by Crippen LogP contribution is -2.22. The standard InChI is InChI=1S/C17H19NO3/c1-17(2,13-5-4-6-14(19)11-13)12-7-9-15(10-8-12)21-16(20)18-3/h4-11,19H,1-3H3,(H,18,20). The summed E-state index contributed by atoms with van der Waals surface area (Å²) in [6, 6.07) is 14.6. The molecule has 1 amide bonds. The van der Waals surface area contributed by atoms with Gasteiger partial charge < -0.3 is 15.2 Å². The van der Waals surface area contributed by atoms with Gasteiger partial charge in [0.15, 0.2) is 0 Å². The molecular formula is C17H19NO3. The summed E-state index contributed by atoms with van der Waals surface area (Å²) in [5, 5.41) is 12.0. The van der Waals surface area contributed by atoms with Crippen molar-refractivity contribution in [2.24, 2.45) is 0 Å². The molecule has 0 radical (unpaired) electrons. The molecule has 0 unspecified atom stereocenters. The topological polar surface area (TPSA) is 58.6 Å². The SMILES string of the molecule is CNC(=O)Oc1ccc(C(C)(C)c2cccc(O)c2)cc1. The lowest BCUT2D eigenvalue weighted by molar-refractivity contribution is 0.203. The second-order valence-corrected chi connectivity index (χ2v) is 5.34. The Kier molecular flexibility index (Phi) is 4.17. The molecule has 0 aliphatic carbocycles. The molecule has 0 aliphatic heterocycles. The minimum Gasteiger partial charge on any atom is -0.508 e. The van der Waals surface area contributed by atoms with E-state index in [1.54, 1.807) is 24.3 Å². The average molecular weight is 285 g/mol. The number of phenols is 1. The second kappa shape index (κ2) is 5.87. The van der Waals surface area contributed by atoms with Crippen molar-refractivity contribution >= 4 is 6.09 Å². The second-order valence-electron chi connectivity index (χ2n) is 5.34. The van der Waals surface area contributed by atoms with Crippen molar-refractivity contribution in [3.8, 4) is 11.5 Å². The minimum atomic E-state index is -0.491. The molecule has 0 atom stereocenters. The summed E-state index contributed by atoms with van der Waals surface area (Å²) in [7, 11) is 1.52. The highest BCUT2D eigenvalue weighted by molar-refractivity contribution is 5.69. The van der Waals surface area contributed by atoms with Gasteiger partial charge in [-0.15, -0.1) is 0 Å². The van der Waals surface area contributed by atoms with Crippen LogP contribution in [0.25, 0.3) is 0 Å². The Labute approximate surface area is 124 Å². The van der Waals surface area contributed by atoms with E-state index in [-0.39, 0.29) is 11.2 Å². The average Bonchev–Trinajstić information content (AvgIpc) is 2.47. The lowest BCUT2D eigenvalue weighted by Gasteiger charge is -2.26. The number of phenolic OH excluding ortho intramolecular Hbond substituents is 1. The van der Waals surface area contributed by atoms with Gasteiger partial charge in [-0.05, 0) is 35.4 Å². The van der Waals surface area contributed by atoms with Gasteiger partial charge in [0.05, 0.1) is 0 Å². The van der Waals surface area contributed by atoms with E-state index in [0.717, 1.165) is 11.1 Å². The Morgan fingerprint density at radius 3 is 2.33 bits per heavy atom. The van der Waals surface area contributed by atoms with E-state index in [9.17, 15) is 9.90 Å². The summed E-state index contributed by atoms with van der Waals surface area (Å²) in [6.45, 7) is 4.16. The third-order valence-corrected chi connectivity index (χ3v) is 3.56. The normalized spacial score (nSPS) is 11.0. The van der Waals surface area contributed by atoms with E-state index < -0.39 is 6.09 Å². The number of carbonyl (C=O) groups is 1. The van der Waals surface area contributed by atoms with Crippen LogP contribution in [-0.2, 0) is 5.41 Å². The molecule has 2 N–H and O–H groups in total. The molecular weight excluding hydrogens is 266 g/mol. The van der Waals surface area contributed by atoms with Crippen molar-refractivity contribution in [3.05, 3.63) is 59.7 Å². The van der Waals surface area contributed by atoms with E-state index in [2.05, 4.69) is 19.2 Å². The van der Waals surface area contributed by atoms with Crippen LogP contribution in [0.5, 0.6) is 11.5 Å². The molecule has 4 nitrogen and oxygen atoms in total. The molecule has 0 saturated heterocycles. The predicted octanol–water partition coefficient (Wildman–Crippen LogP) is 3.44. The molecule has 0 bridgehead atoms. The summed E-state index contributed by atoms with van der Waals surface area (Å²) in [5.41, 5.74) is 1.82. The maximum Gasteiger partial charge on any atom is 0.412 e. The highest BCUT2D eigenvalue weighted by Gasteiger charge is 2.23. The first-order chi connectivity index (χ1) is 9.93. The molecule has 110 valence electrons. The molecule has 2 rings (SSSR count). The zero-order valence-electron chi connectivity index (χ0n) is 12.4. The Balaban J connectivity index is 2.26. The van der Waals surface area contributed by atoms with Crippen LogP contribution in [-0.4, -0.2) is 18.2 Å². The van der Waals surface area contributed by atoms with Gasteiger partial charge >= 0.3 is 6.09 Å². The summed E-state index contributed by atoms with van der Waals surface area (Å²) in [5.74, 6) is 0.741. The minimum absolute atomic E-state index is 0.250. The fourth-order valence-electron chi connectivity index (χ4n) is 2.16.